The number of unbranched alkanes of at least 4 members (excludes halogenated alkanes) is 6. The number of hydrogen-bond donors (Lipinski definition) is 2. The Labute approximate surface area is 113 Å². The Balaban J connectivity index is 3.41. The first-order valence-electron chi connectivity index (χ1n) is 7.24. The minimum absolute atomic E-state index is 0.254. The fraction of sp³-hybridized carbons (Fsp3) is 1.00. The van der Waals surface area contributed by atoms with Crippen LogP contribution >= 0.6 is 0 Å². The highest BCUT2D eigenvalue weighted by Gasteiger charge is 2.08. The molecule has 18 heavy (non-hydrogen) atoms. The summed E-state index contributed by atoms with van der Waals surface area (Å²) in [5, 5.41) is 3.02. The van der Waals surface area contributed by atoms with Gasteiger partial charge in [0.1, 0.15) is 0 Å². The van der Waals surface area contributed by atoms with Gasteiger partial charge in [0, 0.05) is 6.54 Å². The molecule has 0 saturated heterocycles. The fourth-order valence-electron chi connectivity index (χ4n) is 1.80. The average Bonchev–Trinajstić information content (AvgIpc) is 2.34. The predicted molar refractivity (Wildman–Crippen MR) is 78.3 cm³/mol. The molecule has 4 nitrogen and oxygen atoms in total. The van der Waals surface area contributed by atoms with Crippen molar-refractivity contribution in [3.05, 3.63) is 0 Å². The van der Waals surface area contributed by atoms with E-state index in [0.29, 0.717) is 6.54 Å². The summed E-state index contributed by atoms with van der Waals surface area (Å²) in [5.74, 6) is 0.254. The molecular formula is C13H30N2O2S. The summed E-state index contributed by atoms with van der Waals surface area (Å²) in [6.45, 7) is 3.68. The molecule has 0 aromatic rings. The fourth-order valence-corrected chi connectivity index (χ4v) is 2.98. The minimum atomic E-state index is -3.04. The zero-order valence-corrected chi connectivity index (χ0v) is 12.8. The van der Waals surface area contributed by atoms with E-state index in [2.05, 4.69) is 17.0 Å². The Morgan fingerprint density at radius 2 is 1.44 bits per heavy atom. The predicted octanol–water partition coefficient (Wildman–Crippen LogP) is 2.27. The summed E-state index contributed by atoms with van der Waals surface area (Å²) in [5.41, 5.74) is 0. The van der Waals surface area contributed by atoms with Crippen molar-refractivity contribution in [3.63, 3.8) is 0 Å². The molecular weight excluding hydrogens is 248 g/mol. The Hall–Kier alpha value is -0.130. The molecule has 0 aromatic heterocycles. The van der Waals surface area contributed by atoms with Crippen LogP contribution in [0.25, 0.3) is 0 Å². The molecule has 0 aliphatic heterocycles. The van der Waals surface area contributed by atoms with Gasteiger partial charge in [-0.1, -0.05) is 39.0 Å². The second kappa shape index (κ2) is 11.9. The van der Waals surface area contributed by atoms with Crippen LogP contribution in [-0.2, 0) is 10.0 Å². The largest absolute Gasteiger partial charge is 0.320 e. The van der Waals surface area contributed by atoms with Gasteiger partial charge in [-0.2, -0.15) is 0 Å². The molecule has 0 unspecified atom stereocenters. The third-order valence-corrected chi connectivity index (χ3v) is 4.41. The van der Waals surface area contributed by atoms with Crippen LogP contribution in [0, 0.1) is 0 Å². The molecule has 0 spiro atoms. The molecule has 110 valence electrons. The summed E-state index contributed by atoms with van der Waals surface area (Å²) in [6, 6.07) is 0. The maximum absolute atomic E-state index is 11.6. The molecule has 0 atom stereocenters. The summed E-state index contributed by atoms with van der Waals surface area (Å²) in [6.07, 6.45) is 8.75. The second-order valence-electron chi connectivity index (χ2n) is 4.79. The van der Waals surface area contributed by atoms with E-state index in [1.54, 1.807) is 0 Å². The molecule has 0 aromatic carbocycles. The lowest BCUT2D eigenvalue weighted by Crippen LogP contribution is -2.27. The van der Waals surface area contributed by atoms with Crippen LogP contribution in [0.4, 0.5) is 0 Å². The first-order valence-corrected chi connectivity index (χ1v) is 8.89. The van der Waals surface area contributed by atoms with E-state index >= 15 is 0 Å². The molecule has 0 aliphatic rings. The third kappa shape index (κ3) is 12.3. The zero-order chi connectivity index (χ0) is 13.7. The molecule has 0 saturated carbocycles. The molecule has 0 fully saturated rings. The first kappa shape index (κ1) is 17.9. The van der Waals surface area contributed by atoms with Gasteiger partial charge in [-0.25, -0.2) is 13.1 Å². The Kier molecular flexibility index (Phi) is 11.8. The molecule has 0 aliphatic carbocycles. The quantitative estimate of drug-likeness (QED) is 0.508. The smallest absolute Gasteiger partial charge is 0.211 e. The molecule has 0 heterocycles. The van der Waals surface area contributed by atoms with Gasteiger partial charge in [-0.3, -0.25) is 0 Å². The van der Waals surface area contributed by atoms with Crippen molar-refractivity contribution in [2.75, 3.05) is 25.9 Å². The number of rotatable bonds is 13. The monoisotopic (exact) mass is 278 g/mol. The molecule has 0 rings (SSSR count). The van der Waals surface area contributed by atoms with E-state index in [1.807, 2.05) is 7.05 Å². The standard InChI is InChI=1S/C13H30N2O2S/c1-3-4-5-6-7-8-12-15-18(16,17)13-10-9-11-14-2/h14-15H,3-13H2,1-2H3. The minimum Gasteiger partial charge on any atom is -0.320 e. The lowest BCUT2D eigenvalue weighted by molar-refractivity contribution is 0.563. The van der Waals surface area contributed by atoms with Crippen molar-refractivity contribution >= 4 is 10.0 Å². The zero-order valence-electron chi connectivity index (χ0n) is 12.0. The van der Waals surface area contributed by atoms with Crippen molar-refractivity contribution < 1.29 is 8.42 Å². The van der Waals surface area contributed by atoms with Crippen molar-refractivity contribution in [1.82, 2.24) is 10.0 Å². The second-order valence-corrected chi connectivity index (χ2v) is 6.72. The van der Waals surface area contributed by atoms with Gasteiger partial charge in [0.05, 0.1) is 5.75 Å². The lowest BCUT2D eigenvalue weighted by Gasteiger charge is -2.06. The Morgan fingerprint density at radius 1 is 0.833 bits per heavy atom. The summed E-state index contributed by atoms with van der Waals surface area (Å²) >= 11 is 0. The summed E-state index contributed by atoms with van der Waals surface area (Å²) < 4.78 is 25.9. The molecule has 0 radical (unpaired) electrons. The summed E-state index contributed by atoms with van der Waals surface area (Å²) in [4.78, 5) is 0. The normalized spacial score (nSPS) is 11.9. The van der Waals surface area contributed by atoms with Crippen LogP contribution in [0.5, 0.6) is 0 Å². The number of nitrogens with one attached hydrogen (secondary N) is 2. The maximum Gasteiger partial charge on any atom is 0.211 e. The van der Waals surface area contributed by atoms with Gasteiger partial charge < -0.3 is 5.32 Å². The van der Waals surface area contributed by atoms with Crippen molar-refractivity contribution in [3.8, 4) is 0 Å². The molecule has 0 bridgehead atoms. The van der Waals surface area contributed by atoms with E-state index in [-0.39, 0.29) is 5.75 Å². The van der Waals surface area contributed by atoms with Gasteiger partial charge in [0.25, 0.3) is 0 Å². The summed E-state index contributed by atoms with van der Waals surface area (Å²) in [7, 11) is -1.16. The number of sulfonamides is 1. The average molecular weight is 278 g/mol. The Morgan fingerprint density at radius 3 is 2.11 bits per heavy atom. The van der Waals surface area contributed by atoms with E-state index in [4.69, 9.17) is 0 Å². The van der Waals surface area contributed by atoms with Gasteiger partial charge >= 0.3 is 0 Å². The highest BCUT2D eigenvalue weighted by molar-refractivity contribution is 7.89. The van der Waals surface area contributed by atoms with Gasteiger partial charge in [-0.15, -0.1) is 0 Å². The lowest BCUT2D eigenvalue weighted by atomic mass is 10.1. The van der Waals surface area contributed by atoms with Crippen LogP contribution in [-0.4, -0.2) is 34.3 Å². The van der Waals surface area contributed by atoms with Crippen LogP contribution in [0.3, 0.4) is 0 Å². The van der Waals surface area contributed by atoms with Crippen molar-refractivity contribution in [1.29, 1.82) is 0 Å². The Bertz CT molecular complexity index is 266. The van der Waals surface area contributed by atoms with E-state index in [0.717, 1.165) is 32.2 Å². The topological polar surface area (TPSA) is 58.2 Å². The van der Waals surface area contributed by atoms with E-state index in [9.17, 15) is 8.42 Å². The first-order chi connectivity index (χ1) is 8.62. The van der Waals surface area contributed by atoms with Crippen LogP contribution in [0.2, 0.25) is 0 Å². The van der Waals surface area contributed by atoms with Crippen LogP contribution in [0.1, 0.15) is 58.3 Å². The van der Waals surface area contributed by atoms with E-state index in [1.165, 1.54) is 25.7 Å². The van der Waals surface area contributed by atoms with Crippen LogP contribution in [0.15, 0.2) is 0 Å². The molecule has 0 amide bonds. The SMILES string of the molecule is CCCCCCCCNS(=O)(=O)CCCCNC. The highest BCUT2D eigenvalue weighted by Crippen LogP contribution is 2.04. The molecule has 2 N–H and O–H groups in total. The highest BCUT2D eigenvalue weighted by atomic mass is 32.2. The van der Waals surface area contributed by atoms with Gasteiger partial charge in [0.2, 0.25) is 10.0 Å². The van der Waals surface area contributed by atoms with Crippen LogP contribution < -0.4 is 10.0 Å². The maximum atomic E-state index is 11.6. The molecule has 5 heteroatoms. The van der Waals surface area contributed by atoms with Crippen molar-refractivity contribution in [2.45, 2.75) is 58.3 Å². The number of hydrogen-bond acceptors (Lipinski definition) is 3. The van der Waals surface area contributed by atoms with Gasteiger partial charge in [-0.05, 0) is 32.9 Å². The van der Waals surface area contributed by atoms with Gasteiger partial charge in [0.15, 0.2) is 0 Å². The van der Waals surface area contributed by atoms with Crippen molar-refractivity contribution in [2.24, 2.45) is 0 Å². The third-order valence-electron chi connectivity index (χ3n) is 2.94. The van der Waals surface area contributed by atoms with E-state index < -0.39 is 10.0 Å².